The number of nitrogens with one attached hydrogen (secondary N) is 1. The highest BCUT2D eigenvalue weighted by Gasteiger charge is 2.42. The first-order valence-corrected chi connectivity index (χ1v) is 10.0. The van der Waals surface area contributed by atoms with E-state index in [1.54, 1.807) is 9.81 Å². The Kier molecular flexibility index (Phi) is 4.68. The van der Waals surface area contributed by atoms with Crippen LogP contribution in [0, 0.1) is 5.92 Å². The van der Waals surface area contributed by atoms with E-state index >= 15 is 0 Å². The molecule has 0 saturated heterocycles. The number of hydrogen-bond donors (Lipinski definition) is 1. The maximum atomic E-state index is 3.79. The third kappa shape index (κ3) is 3.18. The van der Waals surface area contributed by atoms with Crippen LogP contribution in [0.4, 0.5) is 0 Å². The molecule has 0 aromatic carbocycles. The molecule has 114 valence electrons. The molecular weight excluding hydrogens is 362 g/mol. The quantitative estimate of drug-likeness (QED) is 0.586. The van der Waals surface area contributed by atoms with Crippen molar-refractivity contribution in [1.29, 1.82) is 0 Å². The highest BCUT2D eigenvalue weighted by molar-refractivity contribution is 9.12. The molecule has 21 heavy (non-hydrogen) atoms. The second-order valence-electron chi connectivity index (χ2n) is 6.19. The zero-order chi connectivity index (χ0) is 15.0. The SMILES string of the molecule is C/C1=C/CC2=C(SC3C(Br)=CC=C[C@]3(C)S2)[C@H](C)CCN1. The van der Waals surface area contributed by atoms with Crippen LogP contribution in [0.1, 0.15) is 33.6 Å². The minimum Gasteiger partial charge on any atom is -0.389 e. The summed E-state index contributed by atoms with van der Waals surface area (Å²) in [6.07, 6.45) is 11.4. The van der Waals surface area contributed by atoms with Crippen molar-refractivity contribution < 1.29 is 0 Å². The van der Waals surface area contributed by atoms with Gasteiger partial charge in [0.2, 0.25) is 0 Å². The van der Waals surface area contributed by atoms with E-state index in [0.29, 0.717) is 11.2 Å². The van der Waals surface area contributed by atoms with Crippen LogP contribution in [0.3, 0.4) is 0 Å². The van der Waals surface area contributed by atoms with Crippen molar-refractivity contribution in [3.63, 3.8) is 0 Å². The van der Waals surface area contributed by atoms with Crippen molar-refractivity contribution in [3.8, 4) is 0 Å². The lowest BCUT2D eigenvalue weighted by Gasteiger charge is -2.42. The molecule has 3 rings (SSSR count). The molecule has 1 unspecified atom stereocenters. The van der Waals surface area contributed by atoms with Crippen molar-refractivity contribution >= 4 is 39.5 Å². The number of allylic oxidation sites excluding steroid dienone is 6. The van der Waals surface area contributed by atoms with Crippen molar-refractivity contribution in [1.82, 2.24) is 5.32 Å². The summed E-state index contributed by atoms with van der Waals surface area (Å²) in [6, 6.07) is 0. The van der Waals surface area contributed by atoms with Crippen LogP contribution in [0.5, 0.6) is 0 Å². The zero-order valence-corrected chi connectivity index (χ0v) is 16.0. The summed E-state index contributed by atoms with van der Waals surface area (Å²) in [5.41, 5.74) is 1.31. The molecule has 3 aliphatic rings. The van der Waals surface area contributed by atoms with E-state index in [0.717, 1.165) is 13.0 Å². The number of halogens is 1. The first-order valence-electron chi connectivity index (χ1n) is 7.54. The van der Waals surface area contributed by atoms with Gasteiger partial charge in [0.05, 0.1) is 10.00 Å². The lowest BCUT2D eigenvalue weighted by atomic mass is 10.0. The van der Waals surface area contributed by atoms with Gasteiger partial charge in [-0.05, 0) is 42.4 Å². The van der Waals surface area contributed by atoms with Gasteiger partial charge in [0, 0.05) is 16.7 Å². The lowest BCUT2D eigenvalue weighted by Crippen LogP contribution is -2.36. The Morgan fingerprint density at radius 1 is 1.43 bits per heavy atom. The van der Waals surface area contributed by atoms with Gasteiger partial charge in [-0.1, -0.05) is 47.2 Å². The topological polar surface area (TPSA) is 12.0 Å². The molecular formula is C17H22BrNS2. The summed E-state index contributed by atoms with van der Waals surface area (Å²) in [6.45, 7) is 8.01. The molecule has 0 spiro atoms. The first kappa shape index (κ1) is 15.8. The van der Waals surface area contributed by atoms with Gasteiger partial charge in [-0.15, -0.1) is 23.5 Å². The minimum atomic E-state index is 0.167. The van der Waals surface area contributed by atoms with E-state index in [1.807, 2.05) is 0 Å². The van der Waals surface area contributed by atoms with Crippen molar-refractivity contribution in [3.05, 3.63) is 44.3 Å². The average molecular weight is 384 g/mol. The number of hydrogen-bond acceptors (Lipinski definition) is 3. The summed E-state index contributed by atoms with van der Waals surface area (Å²) < 4.78 is 1.49. The smallest absolute Gasteiger partial charge is 0.0590 e. The molecule has 0 aromatic heterocycles. The molecule has 0 fully saturated rings. The van der Waals surface area contributed by atoms with Crippen molar-refractivity contribution in [2.45, 2.75) is 43.6 Å². The molecule has 0 aromatic rings. The monoisotopic (exact) mass is 383 g/mol. The van der Waals surface area contributed by atoms with Crippen LogP contribution in [0.25, 0.3) is 0 Å². The maximum Gasteiger partial charge on any atom is 0.0590 e. The van der Waals surface area contributed by atoms with E-state index in [1.165, 1.54) is 16.6 Å². The Morgan fingerprint density at radius 2 is 2.24 bits per heavy atom. The summed E-state index contributed by atoms with van der Waals surface area (Å²) in [5.74, 6) is 0.639. The predicted molar refractivity (Wildman–Crippen MR) is 101 cm³/mol. The third-order valence-corrected chi connectivity index (χ3v) is 8.97. The predicted octanol–water partition coefficient (Wildman–Crippen LogP) is 5.58. The van der Waals surface area contributed by atoms with Crippen LogP contribution >= 0.6 is 39.5 Å². The lowest BCUT2D eigenvalue weighted by molar-refractivity contribution is 0.605. The zero-order valence-electron chi connectivity index (χ0n) is 12.8. The number of rotatable bonds is 0. The largest absolute Gasteiger partial charge is 0.389 e. The summed E-state index contributed by atoms with van der Waals surface area (Å²) in [4.78, 5) is 3.18. The molecule has 0 bridgehead atoms. The Labute approximate surface area is 144 Å². The molecule has 2 aliphatic heterocycles. The van der Waals surface area contributed by atoms with Gasteiger partial charge < -0.3 is 5.32 Å². The van der Waals surface area contributed by atoms with E-state index in [-0.39, 0.29) is 4.75 Å². The van der Waals surface area contributed by atoms with E-state index in [4.69, 9.17) is 0 Å². The van der Waals surface area contributed by atoms with Crippen LogP contribution in [-0.2, 0) is 0 Å². The molecule has 4 heteroatoms. The minimum absolute atomic E-state index is 0.167. The first-order chi connectivity index (χ1) is 9.99. The molecule has 2 heterocycles. The number of thioether (sulfide) groups is 2. The van der Waals surface area contributed by atoms with Gasteiger partial charge in [0.15, 0.2) is 0 Å². The maximum absolute atomic E-state index is 3.79. The van der Waals surface area contributed by atoms with Crippen molar-refractivity contribution in [2.24, 2.45) is 5.92 Å². The summed E-state index contributed by atoms with van der Waals surface area (Å²) >= 11 is 7.95. The molecule has 0 radical (unpaired) electrons. The molecule has 0 amide bonds. The second-order valence-corrected chi connectivity index (χ2v) is 9.83. The highest BCUT2D eigenvalue weighted by atomic mass is 79.9. The van der Waals surface area contributed by atoms with Gasteiger partial charge in [-0.25, -0.2) is 0 Å². The van der Waals surface area contributed by atoms with E-state index in [9.17, 15) is 0 Å². The van der Waals surface area contributed by atoms with Gasteiger partial charge in [0.25, 0.3) is 0 Å². The standard InChI is InChI=1S/C17H22BrNS2/c1-11-8-10-19-12(2)6-7-14-15(11)20-16-13(18)5-4-9-17(16,3)21-14/h4-6,9,11,16,19H,7-8,10H2,1-3H3/b12-6-/t11-,16?,17+/m1/s1. The van der Waals surface area contributed by atoms with E-state index < -0.39 is 0 Å². The second kappa shape index (κ2) is 6.21. The van der Waals surface area contributed by atoms with Crippen LogP contribution < -0.4 is 5.32 Å². The van der Waals surface area contributed by atoms with Gasteiger partial charge in [-0.3, -0.25) is 0 Å². The fourth-order valence-corrected chi connectivity index (χ4v) is 7.34. The molecule has 3 atom stereocenters. The van der Waals surface area contributed by atoms with Gasteiger partial charge in [0.1, 0.15) is 0 Å². The Bertz CT molecular complexity index is 561. The average Bonchev–Trinajstić information content (AvgIpc) is 2.49. The molecule has 1 N–H and O–H groups in total. The normalized spacial score (nSPS) is 38.9. The number of fused-ring (bicyclic) bond motifs is 1. The van der Waals surface area contributed by atoms with Crippen LogP contribution in [0.15, 0.2) is 44.3 Å². The fraction of sp³-hybridized carbons (Fsp3) is 0.529. The third-order valence-electron chi connectivity index (χ3n) is 4.34. The molecule has 1 aliphatic carbocycles. The fourth-order valence-electron chi connectivity index (χ4n) is 3.02. The summed E-state index contributed by atoms with van der Waals surface area (Å²) in [7, 11) is 0. The van der Waals surface area contributed by atoms with Gasteiger partial charge in [-0.2, -0.15) is 0 Å². The Hall–Kier alpha value is -0.0600. The Balaban J connectivity index is 1.98. The Morgan fingerprint density at radius 3 is 3.05 bits per heavy atom. The van der Waals surface area contributed by atoms with E-state index in [2.05, 4.69) is 89.8 Å². The van der Waals surface area contributed by atoms with Crippen molar-refractivity contribution in [2.75, 3.05) is 6.54 Å². The van der Waals surface area contributed by atoms with Gasteiger partial charge >= 0.3 is 0 Å². The molecule has 1 nitrogen and oxygen atoms in total. The highest BCUT2D eigenvalue weighted by Crippen LogP contribution is 2.57. The van der Waals surface area contributed by atoms with Crippen LogP contribution in [-0.4, -0.2) is 16.5 Å². The summed E-state index contributed by atoms with van der Waals surface area (Å²) in [5, 5.41) is 4.03. The molecule has 0 saturated carbocycles. The van der Waals surface area contributed by atoms with Crippen LogP contribution in [0.2, 0.25) is 0 Å².